The van der Waals surface area contributed by atoms with E-state index < -0.39 is 266 Å². The first-order valence-corrected chi connectivity index (χ1v) is 26.5. The van der Waals surface area contributed by atoms with Crippen molar-refractivity contribution in [2.75, 3.05) is 39.6 Å². The monoisotopic (exact) mass is 1220 g/mol. The summed E-state index contributed by atoms with van der Waals surface area (Å²) in [6.07, 6.45) is -62.9. The third-order valence-corrected chi connectivity index (χ3v) is 15.3. The van der Waals surface area contributed by atoms with Crippen LogP contribution >= 0.6 is 0 Å². The quantitative estimate of drug-likeness (QED) is 0.0538. The second-order valence-electron chi connectivity index (χ2n) is 21.0. The number of hydrogen-bond acceptors (Lipinski definition) is 35. The van der Waals surface area contributed by atoms with Gasteiger partial charge in [0, 0.05) is 13.8 Å². The van der Waals surface area contributed by atoms with Crippen LogP contribution in [0.25, 0.3) is 0 Å². The van der Waals surface area contributed by atoms with Crippen molar-refractivity contribution in [3.05, 3.63) is 0 Å². The molecule has 482 valence electrons. The number of rotatable bonds is 20. The van der Waals surface area contributed by atoms with E-state index in [1.54, 1.807) is 0 Å². The molecule has 0 aromatic heterocycles. The van der Waals surface area contributed by atoms with Gasteiger partial charge in [0.1, 0.15) is 165 Å². The van der Waals surface area contributed by atoms with E-state index in [9.17, 15) is 112 Å². The van der Waals surface area contributed by atoms with E-state index in [-0.39, 0.29) is 0 Å². The number of aliphatic hydroxyl groups is 20. The van der Waals surface area contributed by atoms with Gasteiger partial charge in [0.2, 0.25) is 11.8 Å². The van der Waals surface area contributed by atoms with Crippen molar-refractivity contribution in [1.82, 2.24) is 10.6 Å². The van der Waals surface area contributed by atoms with Crippen molar-refractivity contribution in [1.29, 1.82) is 0 Å². The van der Waals surface area contributed by atoms with Crippen molar-refractivity contribution >= 4 is 11.8 Å². The summed E-state index contributed by atoms with van der Waals surface area (Å²) in [5, 5.41) is 221. The number of aliphatic hydroxyl groups excluding tert-OH is 20. The standard InChI is InChI=1S/C46H78N2O35/c1-10-21(57)27(63)31(67)43(71-10)83-39-28(64)22(58)13(4-49)75-46(39)80-35-18(9-54)77-42(20(26(35)62)48-12(3)56)81-37-23(59)14(5-50)73-44(32(37)68)78-34-17(8-53)76-41(19(25(34)61)47-11(2)55)82-38-24(60)15(6-51)74-45(33(38)69)79-36-16(7-52)72-40(70)30(66)29(36)65/h10,13-46,49-54,57-70H,4-9H2,1-3H3,(H,47,55)(H,48,56)/t10-,13+,14+,15+,16+,17+,18+,19+,20+,21+,22-,23-,24-,25+,26+,27+,28-,29+,30+,31-,32+,33+,34+,35+,36+,37-,38-,39+,40+,41-,42-,43+,44-,45-,46-/m0/s1. The molecule has 7 fully saturated rings. The predicted octanol–water partition coefficient (Wildman–Crippen LogP) is -15.0. The number of ether oxygens (including phenoxy) is 13. The molecule has 0 radical (unpaired) electrons. The average Bonchev–Trinajstić information content (AvgIpc) is 3.51. The van der Waals surface area contributed by atoms with Gasteiger partial charge < -0.3 is 174 Å². The van der Waals surface area contributed by atoms with Crippen molar-refractivity contribution in [3.63, 3.8) is 0 Å². The minimum atomic E-state index is -2.27. The molecule has 35 atom stereocenters. The highest BCUT2D eigenvalue weighted by molar-refractivity contribution is 5.73. The van der Waals surface area contributed by atoms with E-state index in [1.165, 1.54) is 6.92 Å². The highest BCUT2D eigenvalue weighted by atomic mass is 16.8. The van der Waals surface area contributed by atoms with Gasteiger partial charge >= 0.3 is 0 Å². The van der Waals surface area contributed by atoms with Gasteiger partial charge in [0.15, 0.2) is 44.0 Å². The summed E-state index contributed by atoms with van der Waals surface area (Å²) in [5.74, 6) is -1.76. The molecule has 0 saturated carbocycles. The van der Waals surface area contributed by atoms with Crippen molar-refractivity contribution < 1.29 is 173 Å². The maximum atomic E-state index is 12.7. The fourth-order valence-electron chi connectivity index (χ4n) is 10.7. The number of carbonyl (C=O) groups is 2. The Morgan fingerprint density at radius 3 is 1.06 bits per heavy atom. The number of hydrogen-bond donors (Lipinski definition) is 22. The lowest BCUT2D eigenvalue weighted by Crippen LogP contribution is -2.71. The predicted molar refractivity (Wildman–Crippen MR) is 254 cm³/mol. The molecule has 37 nitrogen and oxygen atoms in total. The van der Waals surface area contributed by atoms with E-state index in [4.69, 9.17) is 61.6 Å². The Morgan fingerprint density at radius 1 is 0.313 bits per heavy atom. The van der Waals surface area contributed by atoms with E-state index in [2.05, 4.69) is 10.6 Å². The maximum Gasteiger partial charge on any atom is 0.217 e. The Morgan fingerprint density at radius 2 is 0.639 bits per heavy atom. The lowest BCUT2D eigenvalue weighted by atomic mass is 9.93. The van der Waals surface area contributed by atoms with Gasteiger partial charge in [-0.3, -0.25) is 9.59 Å². The first-order chi connectivity index (χ1) is 39.2. The topological polar surface area (TPSA) is 583 Å². The van der Waals surface area contributed by atoms with Gasteiger partial charge in [-0.15, -0.1) is 0 Å². The van der Waals surface area contributed by atoms with Gasteiger partial charge in [-0.1, -0.05) is 0 Å². The fourth-order valence-corrected chi connectivity index (χ4v) is 10.7. The van der Waals surface area contributed by atoms with Crippen LogP contribution in [-0.4, -0.2) is 368 Å². The second kappa shape index (κ2) is 29.3. The third kappa shape index (κ3) is 14.5. The van der Waals surface area contributed by atoms with E-state index in [1.807, 2.05) is 0 Å². The molecule has 7 aliphatic heterocycles. The first-order valence-electron chi connectivity index (χ1n) is 26.5. The molecule has 0 spiro atoms. The Labute approximate surface area is 470 Å². The second-order valence-corrected chi connectivity index (χ2v) is 21.0. The Hall–Kier alpha value is -2.38. The average molecular weight is 1220 g/mol. The van der Waals surface area contributed by atoms with Crippen LogP contribution in [0.3, 0.4) is 0 Å². The van der Waals surface area contributed by atoms with Crippen LogP contribution in [0.5, 0.6) is 0 Å². The highest BCUT2D eigenvalue weighted by Gasteiger charge is 2.59. The molecular weight excluding hydrogens is 1140 g/mol. The van der Waals surface area contributed by atoms with Gasteiger partial charge in [-0.25, -0.2) is 0 Å². The van der Waals surface area contributed by atoms with E-state index >= 15 is 0 Å². The molecule has 0 aliphatic carbocycles. The number of nitrogens with one attached hydrogen (secondary N) is 2. The van der Waals surface area contributed by atoms with E-state index in [0.717, 1.165) is 13.8 Å². The molecule has 0 aromatic rings. The van der Waals surface area contributed by atoms with Crippen LogP contribution in [0.2, 0.25) is 0 Å². The third-order valence-electron chi connectivity index (χ3n) is 15.3. The first kappa shape index (κ1) is 68.1. The highest BCUT2D eigenvalue weighted by Crippen LogP contribution is 2.38. The molecule has 7 heterocycles. The minimum absolute atomic E-state index is 0.879. The molecule has 2 amide bonds. The summed E-state index contributed by atoms with van der Waals surface area (Å²) in [4.78, 5) is 25.4. The largest absolute Gasteiger partial charge is 0.394 e. The molecule has 83 heavy (non-hydrogen) atoms. The van der Waals surface area contributed by atoms with Crippen LogP contribution in [0.15, 0.2) is 0 Å². The Bertz CT molecular complexity index is 2050. The minimum Gasteiger partial charge on any atom is -0.394 e. The number of carbonyl (C=O) groups excluding carboxylic acids is 2. The molecule has 0 aromatic carbocycles. The van der Waals surface area contributed by atoms with Crippen molar-refractivity contribution in [2.24, 2.45) is 0 Å². The smallest absolute Gasteiger partial charge is 0.217 e. The summed E-state index contributed by atoms with van der Waals surface area (Å²) >= 11 is 0. The molecule has 0 unspecified atom stereocenters. The van der Waals surface area contributed by atoms with Gasteiger partial charge in [0.25, 0.3) is 0 Å². The molecule has 22 N–H and O–H groups in total. The summed E-state index contributed by atoms with van der Waals surface area (Å²) < 4.78 is 74.6. The van der Waals surface area contributed by atoms with Gasteiger partial charge in [-0.05, 0) is 6.92 Å². The fraction of sp³-hybridized carbons (Fsp3) is 0.957. The molecule has 37 heteroatoms. The summed E-state index contributed by atoms with van der Waals surface area (Å²) in [5.41, 5.74) is 0. The zero-order valence-corrected chi connectivity index (χ0v) is 44.5. The van der Waals surface area contributed by atoms with Gasteiger partial charge in [-0.2, -0.15) is 0 Å². The van der Waals surface area contributed by atoms with Crippen LogP contribution in [0.4, 0.5) is 0 Å². The Kier molecular flexibility index (Phi) is 24.0. The van der Waals surface area contributed by atoms with Crippen LogP contribution < -0.4 is 10.6 Å². The summed E-state index contributed by atoms with van der Waals surface area (Å²) in [6, 6.07) is -3.66. The van der Waals surface area contributed by atoms with Crippen LogP contribution in [0, 0.1) is 0 Å². The molecule has 7 saturated heterocycles. The Balaban J connectivity index is 1.09. The lowest BCUT2D eigenvalue weighted by molar-refractivity contribution is -0.392. The summed E-state index contributed by atoms with van der Waals surface area (Å²) in [6.45, 7) is -2.79. The van der Waals surface area contributed by atoms with Crippen LogP contribution in [-0.2, 0) is 71.2 Å². The molecule has 7 aliphatic rings. The van der Waals surface area contributed by atoms with Gasteiger partial charge in [0.05, 0.1) is 45.7 Å². The van der Waals surface area contributed by atoms with E-state index in [0.29, 0.717) is 0 Å². The lowest BCUT2D eigenvalue weighted by Gasteiger charge is -2.51. The van der Waals surface area contributed by atoms with Crippen LogP contribution in [0.1, 0.15) is 20.8 Å². The zero-order chi connectivity index (χ0) is 61.2. The normalized spacial score (nSPS) is 50.8. The summed E-state index contributed by atoms with van der Waals surface area (Å²) in [7, 11) is 0. The van der Waals surface area contributed by atoms with Crippen molar-refractivity contribution in [3.8, 4) is 0 Å². The zero-order valence-electron chi connectivity index (χ0n) is 44.5. The molecular formula is C46H78N2O35. The molecule has 7 rings (SSSR count). The maximum absolute atomic E-state index is 12.7. The molecule has 0 bridgehead atoms. The van der Waals surface area contributed by atoms with Crippen molar-refractivity contribution in [2.45, 2.75) is 236 Å². The SMILES string of the molecule is CC(=O)N[C@H]1[C@H](O[C@H]2[C@@H](O)[C@@H](CO)O[C@@H](O[C@H]3[C@H](O)[C@@H](O)[C@H](O)O[C@@H]3CO)[C@@H]2O)O[C@H](CO)[C@@H](O[C@@H]2O[C@H](CO)[C@H](O)[C@H](O[C@@H]3O[C@H](CO)[C@@H](O[C@@H]4O[C@H](CO)[C@H](O)[C@H](O)[C@H]4O[C@H]4O[C@@H](C)[C@@H](O)[C@@H](O)[C@@H]4O)[C@H](O)[C@H]3NC(C)=O)[C@H]2O)[C@@H]1O. The number of amides is 2.